The third-order valence-electron chi connectivity index (χ3n) is 5.90. The predicted octanol–water partition coefficient (Wildman–Crippen LogP) is 4.08. The summed E-state index contributed by atoms with van der Waals surface area (Å²) in [6, 6.07) is 6.80. The van der Waals surface area contributed by atoms with Gasteiger partial charge in [0.05, 0.1) is 11.6 Å². The molecular weight excluding hydrogens is 364 g/mol. The molecule has 156 valence electrons. The molecule has 4 rings (SSSR count). The van der Waals surface area contributed by atoms with E-state index in [1.807, 2.05) is 25.3 Å². The van der Waals surface area contributed by atoms with Crippen molar-refractivity contribution in [1.82, 2.24) is 14.7 Å². The van der Waals surface area contributed by atoms with Gasteiger partial charge in [0.15, 0.2) is 12.3 Å². The van der Waals surface area contributed by atoms with Crippen molar-refractivity contribution in [2.24, 2.45) is 5.92 Å². The van der Waals surface area contributed by atoms with Gasteiger partial charge in [-0.25, -0.2) is 0 Å². The molecule has 1 fully saturated rings. The lowest BCUT2D eigenvalue weighted by molar-refractivity contribution is -0.463. The summed E-state index contributed by atoms with van der Waals surface area (Å²) in [5.41, 5.74) is 2.67. The first-order chi connectivity index (χ1) is 13.7. The summed E-state index contributed by atoms with van der Waals surface area (Å²) in [6.45, 7) is 10.8. The standard InChI is InChI=1S/C23H33N4O2/c1-16-6-9-21(26(13-16)22(28)29-23(2,3)4)17-7-8-20-18(12-17)14-27(24-20)19-10-11-25(5)15-19/h7-8,12,14,16,19H,6,9-11,13,15H2,1-5H3/q+1/t16-,19-/m0/s1. The minimum Gasteiger partial charge on any atom is -0.406 e. The molecule has 1 aromatic heterocycles. The first kappa shape index (κ1) is 20.1. The monoisotopic (exact) mass is 397 g/mol. The van der Waals surface area contributed by atoms with Crippen molar-refractivity contribution in [2.75, 3.05) is 26.7 Å². The Bertz CT molecular complexity index is 953. The number of rotatable bonds is 2. The third kappa shape index (κ3) is 4.37. The fraction of sp³-hybridized carbons (Fsp3) is 0.609. The summed E-state index contributed by atoms with van der Waals surface area (Å²) in [5.74, 6) is 0.470. The average molecular weight is 398 g/mol. The summed E-state index contributed by atoms with van der Waals surface area (Å²) in [6.07, 6.45) is 5.02. The van der Waals surface area contributed by atoms with Crippen LogP contribution in [0, 0.1) is 5.92 Å². The molecule has 0 unspecified atom stereocenters. The van der Waals surface area contributed by atoms with E-state index in [2.05, 4.69) is 47.9 Å². The molecule has 2 aliphatic heterocycles. The molecule has 1 saturated heterocycles. The highest BCUT2D eigenvalue weighted by Gasteiger charge is 2.35. The van der Waals surface area contributed by atoms with Crippen LogP contribution in [0.15, 0.2) is 24.4 Å². The van der Waals surface area contributed by atoms with E-state index in [1.165, 1.54) is 0 Å². The Morgan fingerprint density at radius 1 is 1.28 bits per heavy atom. The number of nitrogens with zero attached hydrogens (tertiary/aromatic N) is 4. The lowest BCUT2D eigenvalue weighted by Gasteiger charge is -2.22. The Labute approximate surface area is 173 Å². The first-order valence-electron chi connectivity index (χ1n) is 10.7. The maximum atomic E-state index is 12.9. The summed E-state index contributed by atoms with van der Waals surface area (Å²) >= 11 is 0. The fourth-order valence-corrected chi connectivity index (χ4v) is 4.37. The van der Waals surface area contributed by atoms with Gasteiger partial charge in [-0.2, -0.15) is 9.89 Å². The highest BCUT2D eigenvalue weighted by atomic mass is 16.6. The van der Waals surface area contributed by atoms with Crippen LogP contribution in [0.3, 0.4) is 0 Å². The fourth-order valence-electron chi connectivity index (χ4n) is 4.37. The van der Waals surface area contributed by atoms with Crippen LogP contribution in [0.25, 0.3) is 10.9 Å². The number of benzene rings is 1. The molecular formula is C23H33N4O2+. The summed E-state index contributed by atoms with van der Waals surface area (Å²) in [4.78, 5) is 15.2. The molecule has 3 heterocycles. The molecule has 1 amide bonds. The van der Waals surface area contributed by atoms with Gasteiger partial charge in [0.25, 0.3) is 0 Å². The molecule has 0 spiro atoms. The largest absolute Gasteiger partial charge is 0.597 e. The van der Waals surface area contributed by atoms with Crippen LogP contribution in [0.4, 0.5) is 4.79 Å². The van der Waals surface area contributed by atoms with Crippen molar-refractivity contribution >= 4 is 22.7 Å². The average Bonchev–Trinajstić information content (AvgIpc) is 3.25. The zero-order valence-corrected chi connectivity index (χ0v) is 18.3. The number of hydrogen-bond donors (Lipinski definition) is 0. The maximum absolute atomic E-state index is 12.9. The molecule has 0 aliphatic carbocycles. The second-order valence-corrected chi connectivity index (χ2v) is 9.77. The van der Waals surface area contributed by atoms with Crippen LogP contribution >= 0.6 is 0 Å². The Kier molecular flexibility index (Phi) is 5.23. The van der Waals surface area contributed by atoms with E-state index in [0.717, 1.165) is 54.5 Å². The topological polar surface area (TPSA) is 50.4 Å². The zero-order valence-electron chi connectivity index (χ0n) is 18.3. The Morgan fingerprint density at radius 3 is 2.76 bits per heavy atom. The molecule has 0 radical (unpaired) electrons. The minimum atomic E-state index is -0.498. The highest BCUT2D eigenvalue weighted by Crippen LogP contribution is 2.25. The van der Waals surface area contributed by atoms with Crippen molar-refractivity contribution in [3.63, 3.8) is 0 Å². The van der Waals surface area contributed by atoms with Gasteiger partial charge >= 0.3 is 6.09 Å². The van der Waals surface area contributed by atoms with Crippen molar-refractivity contribution in [2.45, 2.75) is 58.6 Å². The number of ether oxygens (including phenoxy) is 1. The lowest BCUT2D eigenvalue weighted by Crippen LogP contribution is -2.39. The van der Waals surface area contributed by atoms with E-state index in [9.17, 15) is 4.79 Å². The minimum absolute atomic E-state index is 0.246. The molecule has 0 N–H and O–H groups in total. The number of fused-ring (bicyclic) bond motifs is 1. The van der Waals surface area contributed by atoms with E-state index >= 15 is 0 Å². The summed E-state index contributed by atoms with van der Waals surface area (Å²) < 4.78 is 9.66. The van der Waals surface area contributed by atoms with Crippen molar-refractivity contribution in [3.8, 4) is 0 Å². The van der Waals surface area contributed by atoms with Crippen molar-refractivity contribution in [1.29, 1.82) is 0 Å². The number of hydrogen-bond acceptors (Lipinski definition) is 4. The van der Waals surface area contributed by atoms with Crippen molar-refractivity contribution in [3.05, 3.63) is 30.0 Å². The normalized spacial score (nSPS) is 23.8. The van der Waals surface area contributed by atoms with Gasteiger partial charge in [0, 0.05) is 36.0 Å². The van der Waals surface area contributed by atoms with E-state index in [0.29, 0.717) is 18.5 Å². The molecule has 0 saturated carbocycles. The van der Waals surface area contributed by atoms with Gasteiger partial charge in [-0.3, -0.25) is 4.68 Å². The van der Waals surface area contributed by atoms with E-state index in [-0.39, 0.29) is 6.09 Å². The molecule has 6 nitrogen and oxygen atoms in total. The van der Waals surface area contributed by atoms with Gasteiger partial charge in [-0.15, -0.1) is 4.58 Å². The Balaban J connectivity index is 1.69. The molecule has 2 aromatic rings. The van der Waals surface area contributed by atoms with Gasteiger partial charge in [0.1, 0.15) is 5.60 Å². The number of carbonyl (C=O) groups excluding carboxylic acids is 1. The van der Waals surface area contributed by atoms with Crippen LogP contribution in [0.1, 0.15) is 58.6 Å². The summed E-state index contributed by atoms with van der Waals surface area (Å²) in [7, 11) is 2.16. The van der Waals surface area contributed by atoms with Gasteiger partial charge < -0.3 is 9.64 Å². The van der Waals surface area contributed by atoms with Gasteiger partial charge in [0.2, 0.25) is 0 Å². The highest BCUT2D eigenvalue weighted by molar-refractivity contribution is 6.01. The molecule has 2 atom stereocenters. The molecule has 1 aromatic carbocycles. The Morgan fingerprint density at radius 2 is 2.07 bits per heavy atom. The lowest BCUT2D eigenvalue weighted by atomic mass is 9.94. The van der Waals surface area contributed by atoms with Crippen LogP contribution in [0.5, 0.6) is 0 Å². The molecule has 2 aliphatic rings. The van der Waals surface area contributed by atoms with Crippen LogP contribution in [-0.2, 0) is 4.74 Å². The predicted molar refractivity (Wildman–Crippen MR) is 115 cm³/mol. The van der Waals surface area contributed by atoms with Crippen LogP contribution in [-0.4, -0.2) is 63.3 Å². The van der Waals surface area contributed by atoms with E-state index < -0.39 is 5.60 Å². The molecule has 29 heavy (non-hydrogen) atoms. The van der Waals surface area contributed by atoms with Crippen LogP contribution in [0.2, 0.25) is 0 Å². The quantitative estimate of drug-likeness (QED) is 0.717. The number of amides is 1. The van der Waals surface area contributed by atoms with Gasteiger partial charge in [-0.05, 0) is 65.4 Å². The Hall–Kier alpha value is -2.21. The number of likely N-dealkylation sites (tertiary alicyclic amines) is 1. The molecule has 0 bridgehead atoms. The SMILES string of the molecule is C[C@H]1CCC(c2ccc3nn([C@H]4CCN(C)C4)cc3c2)=[N+](C(=O)OC(C)(C)C)C1. The van der Waals surface area contributed by atoms with Crippen LogP contribution < -0.4 is 0 Å². The second-order valence-electron chi connectivity index (χ2n) is 9.77. The maximum Gasteiger partial charge on any atom is 0.597 e. The molecule has 6 heteroatoms. The van der Waals surface area contributed by atoms with Gasteiger partial charge in [-0.1, -0.05) is 6.92 Å². The number of aromatic nitrogens is 2. The number of likely N-dealkylation sites (N-methyl/N-ethyl adjacent to an activating group) is 1. The zero-order chi connectivity index (χ0) is 20.8. The smallest absolute Gasteiger partial charge is 0.406 e. The van der Waals surface area contributed by atoms with Crippen molar-refractivity contribution < 1.29 is 14.1 Å². The summed E-state index contributed by atoms with van der Waals surface area (Å²) in [5, 5.41) is 5.94. The number of carbonyl (C=O) groups is 1. The second kappa shape index (κ2) is 7.56. The van der Waals surface area contributed by atoms with E-state index in [1.54, 1.807) is 0 Å². The third-order valence-corrected chi connectivity index (χ3v) is 5.90. The van der Waals surface area contributed by atoms with E-state index in [4.69, 9.17) is 9.84 Å². The first-order valence-corrected chi connectivity index (χ1v) is 10.7.